The third kappa shape index (κ3) is 4.47. The smallest absolute Gasteiger partial charge is 0.00257 e. The van der Waals surface area contributed by atoms with Crippen LogP contribution >= 0.6 is 0 Å². The summed E-state index contributed by atoms with van der Waals surface area (Å²) >= 11 is 0. The molecule has 0 N–H and O–H groups in total. The second-order valence-corrected chi connectivity index (χ2v) is 12.1. The first-order valence-electron chi connectivity index (χ1n) is 15.9. The second-order valence-electron chi connectivity index (χ2n) is 12.1. The van der Waals surface area contributed by atoms with Crippen LogP contribution in [-0.2, 0) is 0 Å². The topological polar surface area (TPSA) is 0 Å². The lowest BCUT2D eigenvalue weighted by atomic mass is 9.83. The molecule has 0 heterocycles. The molecule has 0 atom stereocenters. The molecule has 0 radical (unpaired) electrons. The highest BCUT2D eigenvalue weighted by Crippen LogP contribution is 2.46. The van der Waals surface area contributed by atoms with Crippen LogP contribution in [0, 0.1) is 0 Å². The summed E-state index contributed by atoms with van der Waals surface area (Å²) in [6.45, 7) is 0. The van der Waals surface area contributed by atoms with Gasteiger partial charge in [-0.15, -0.1) is 0 Å². The average molecular weight is 583 g/mol. The van der Waals surface area contributed by atoms with E-state index in [2.05, 4.69) is 182 Å². The Balaban J connectivity index is 1.45. The number of benzene rings is 9. The predicted molar refractivity (Wildman–Crippen MR) is 198 cm³/mol. The Morgan fingerprint density at radius 3 is 1.02 bits per heavy atom. The Morgan fingerprint density at radius 1 is 0.196 bits per heavy atom. The summed E-state index contributed by atoms with van der Waals surface area (Å²) in [4.78, 5) is 0. The maximum absolute atomic E-state index is 2.41. The van der Waals surface area contributed by atoms with Crippen LogP contribution < -0.4 is 0 Å². The van der Waals surface area contributed by atoms with Crippen molar-refractivity contribution in [2.45, 2.75) is 0 Å². The molecule has 0 saturated carbocycles. The highest BCUT2D eigenvalue weighted by atomic mass is 14.2. The van der Waals surface area contributed by atoms with E-state index in [4.69, 9.17) is 0 Å². The van der Waals surface area contributed by atoms with Crippen molar-refractivity contribution in [1.29, 1.82) is 0 Å². The summed E-state index contributed by atoms with van der Waals surface area (Å²) in [5.41, 5.74) is 9.90. The van der Waals surface area contributed by atoms with Crippen LogP contribution in [0.1, 0.15) is 0 Å². The van der Waals surface area contributed by atoms with Gasteiger partial charge >= 0.3 is 0 Å². The molecule has 0 aliphatic rings. The van der Waals surface area contributed by atoms with Crippen LogP contribution in [-0.4, -0.2) is 0 Å². The summed E-state index contributed by atoms with van der Waals surface area (Å²) in [6, 6.07) is 66.7. The molecule has 0 fully saturated rings. The number of hydrogen-bond acceptors (Lipinski definition) is 0. The maximum Gasteiger partial charge on any atom is -0.00257 e. The maximum atomic E-state index is 2.41. The molecule has 0 amide bonds. The van der Waals surface area contributed by atoms with Gasteiger partial charge in [0.2, 0.25) is 0 Å². The van der Waals surface area contributed by atoms with E-state index in [1.807, 2.05) is 0 Å². The van der Waals surface area contributed by atoms with Crippen molar-refractivity contribution >= 4 is 43.1 Å². The summed E-state index contributed by atoms with van der Waals surface area (Å²) in [6.07, 6.45) is 0. The molecule has 0 aliphatic heterocycles. The Hall–Kier alpha value is -5.98. The normalized spacial score (nSPS) is 11.5. The zero-order valence-corrected chi connectivity index (χ0v) is 25.3. The Morgan fingerprint density at radius 2 is 0.565 bits per heavy atom. The Labute approximate surface area is 268 Å². The van der Waals surface area contributed by atoms with Gasteiger partial charge in [0.25, 0.3) is 0 Å². The molecule has 9 rings (SSSR count). The van der Waals surface area contributed by atoms with Crippen molar-refractivity contribution in [3.05, 3.63) is 182 Å². The summed E-state index contributed by atoms with van der Waals surface area (Å²) < 4.78 is 0. The average Bonchev–Trinajstić information content (AvgIpc) is 3.13. The first kappa shape index (κ1) is 26.4. The third-order valence-corrected chi connectivity index (χ3v) is 9.41. The van der Waals surface area contributed by atoms with E-state index in [0.717, 1.165) is 0 Å². The monoisotopic (exact) mass is 582 g/mol. The molecule has 214 valence electrons. The largest absolute Gasteiger partial charge is 0.0622 e. The van der Waals surface area contributed by atoms with Gasteiger partial charge in [-0.2, -0.15) is 0 Å². The van der Waals surface area contributed by atoms with E-state index in [9.17, 15) is 0 Å². The Bertz CT molecular complexity index is 2460. The van der Waals surface area contributed by atoms with Gasteiger partial charge in [0.1, 0.15) is 0 Å². The lowest BCUT2D eigenvalue weighted by Crippen LogP contribution is -1.93. The van der Waals surface area contributed by atoms with Crippen molar-refractivity contribution < 1.29 is 0 Å². The van der Waals surface area contributed by atoms with Gasteiger partial charge in [-0.1, -0.05) is 158 Å². The fraction of sp³-hybridized carbons (Fsp3) is 0. The van der Waals surface area contributed by atoms with E-state index >= 15 is 0 Å². The first-order valence-corrected chi connectivity index (χ1v) is 15.9. The minimum Gasteiger partial charge on any atom is -0.0622 e. The minimum atomic E-state index is 1.22. The van der Waals surface area contributed by atoms with E-state index in [0.29, 0.717) is 0 Å². The first-order chi connectivity index (χ1) is 22.8. The van der Waals surface area contributed by atoms with Gasteiger partial charge in [-0.3, -0.25) is 0 Å². The zero-order valence-electron chi connectivity index (χ0n) is 25.3. The lowest BCUT2D eigenvalue weighted by Gasteiger charge is -2.20. The van der Waals surface area contributed by atoms with Crippen LogP contribution in [0.25, 0.3) is 87.6 Å². The summed E-state index contributed by atoms with van der Waals surface area (Å²) in [5.74, 6) is 0. The highest BCUT2D eigenvalue weighted by Gasteiger charge is 2.19. The highest BCUT2D eigenvalue weighted by molar-refractivity contribution is 6.23. The molecule has 0 aliphatic carbocycles. The van der Waals surface area contributed by atoms with Gasteiger partial charge in [-0.25, -0.2) is 0 Å². The molecule has 9 aromatic rings. The van der Waals surface area contributed by atoms with Crippen molar-refractivity contribution in [2.24, 2.45) is 0 Å². The standard InChI is InChI=1S/C46H30/c1-3-11-31(12-4-1)37-23-25-41-43(29-37)46(40-22-20-34-16-8-10-18-36(34)28-40)44-30-38(32-13-5-2-6-14-32)24-26-42(44)45(41)39-21-19-33-15-7-9-17-35(33)27-39/h1-30H. The number of fused-ring (bicyclic) bond motifs is 4. The molecule has 0 bridgehead atoms. The van der Waals surface area contributed by atoms with Crippen LogP contribution in [0.5, 0.6) is 0 Å². The fourth-order valence-corrected chi connectivity index (χ4v) is 7.16. The summed E-state index contributed by atoms with van der Waals surface area (Å²) in [7, 11) is 0. The van der Waals surface area contributed by atoms with Crippen molar-refractivity contribution in [3.8, 4) is 44.5 Å². The molecule has 9 aromatic carbocycles. The fourth-order valence-electron chi connectivity index (χ4n) is 7.16. The third-order valence-electron chi connectivity index (χ3n) is 9.41. The molecule has 0 aromatic heterocycles. The quantitative estimate of drug-likeness (QED) is 0.181. The molecule has 0 unspecified atom stereocenters. The van der Waals surface area contributed by atoms with Gasteiger partial charge in [-0.05, 0) is 112 Å². The minimum absolute atomic E-state index is 1.22. The summed E-state index contributed by atoms with van der Waals surface area (Å²) in [5, 5.41) is 10.1. The van der Waals surface area contributed by atoms with Gasteiger partial charge in [0.15, 0.2) is 0 Å². The van der Waals surface area contributed by atoms with E-state index in [-0.39, 0.29) is 0 Å². The zero-order chi connectivity index (χ0) is 30.5. The van der Waals surface area contributed by atoms with E-state index in [1.54, 1.807) is 0 Å². The molecule has 0 nitrogen and oxygen atoms in total. The second kappa shape index (κ2) is 10.9. The van der Waals surface area contributed by atoms with Crippen LogP contribution in [0.3, 0.4) is 0 Å². The lowest BCUT2D eigenvalue weighted by molar-refractivity contribution is 1.63. The molecular weight excluding hydrogens is 553 g/mol. The van der Waals surface area contributed by atoms with Crippen LogP contribution in [0.15, 0.2) is 182 Å². The molecule has 0 heteroatoms. The number of rotatable bonds is 4. The van der Waals surface area contributed by atoms with Crippen molar-refractivity contribution in [1.82, 2.24) is 0 Å². The van der Waals surface area contributed by atoms with E-state index in [1.165, 1.54) is 87.6 Å². The molecule has 0 saturated heterocycles. The van der Waals surface area contributed by atoms with Gasteiger partial charge in [0.05, 0.1) is 0 Å². The van der Waals surface area contributed by atoms with Gasteiger partial charge < -0.3 is 0 Å². The SMILES string of the molecule is c1ccc(-c2ccc3c(-c4ccc5ccccc5c4)c4ccc(-c5ccccc5)cc4c(-c4ccc5ccccc5c4)c3c2)cc1. The van der Waals surface area contributed by atoms with E-state index < -0.39 is 0 Å². The van der Waals surface area contributed by atoms with Crippen LogP contribution in [0.2, 0.25) is 0 Å². The van der Waals surface area contributed by atoms with Crippen molar-refractivity contribution in [2.75, 3.05) is 0 Å². The van der Waals surface area contributed by atoms with Crippen LogP contribution in [0.4, 0.5) is 0 Å². The van der Waals surface area contributed by atoms with Gasteiger partial charge in [0, 0.05) is 0 Å². The van der Waals surface area contributed by atoms with Crippen molar-refractivity contribution in [3.63, 3.8) is 0 Å². The molecule has 0 spiro atoms. The predicted octanol–water partition coefficient (Wildman–Crippen LogP) is 13.0. The Kier molecular flexibility index (Phi) is 6.25. The molecular formula is C46H30. The number of hydrogen-bond donors (Lipinski definition) is 0. The molecule has 46 heavy (non-hydrogen) atoms.